The second-order valence-electron chi connectivity index (χ2n) is 5.15. The molecule has 112 valence electrons. The van der Waals surface area contributed by atoms with Crippen molar-refractivity contribution in [2.75, 3.05) is 5.73 Å². The second-order valence-corrected chi connectivity index (χ2v) is 6.95. The first-order valence-corrected chi connectivity index (χ1v) is 8.12. The van der Waals surface area contributed by atoms with E-state index in [9.17, 15) is 8.42 Å². The third-order valence-corrected chi connectivity index (χ3v) is 5.49. The van der Waals surface area contributed by atoms with Gasteiger partial charge in [-0.15, -0.1) is 0 Å². The molecule has 0 amide bonds. The molecule has 0 saturated heterocycles. The van der Waals surface area contributed by atoms with Crippen molar-refractivity contribution in [3.8, 4) is 0 Å². The van der Waals surface area contributed by atoms with Crippen molar-refractivity contribution in [3.05, 3.63) is 36.4 Å². The fourth-order valence-electron chi connectivity index (χ4n) is 2.29. The number of hydrogen-bond acceptors (Lipinski definition) is 5. The van der Waals surface area contributed by atoms with Gasteiger partial charge in [-0.2, -0.15) is 4.31 Å². The first kappa shape index (κ1) is 14.0. The zero-order chi connectivity index (χ0) is 15.0. The maximum Gasteiger partial charge on any atom is 0.263 e. The zero-order valence-corrected chi connectivity index (χ0v) is 12.5. The number of rotatable bonds is 5. The molecule has 2 aromatic rings. The number of nitrogens with zero attached hydrogens (tertiary/aromatic N) is 4. The standard InChI is InChI=1S/C13H17N5O2S/c1-17-9-16-12(14)13(17)21(19,20)18(11-5-6-11)8-10-4-2-3-7-15-10/h2-4,7,9,11H,5-6,8,14H2,1H3. The third-order valence-electron chi connectivity index (χ3n) is 3.46. The predicted octanol–water partition coefficient (Wildman–Crippen LogP) is 0.751. The Kier molecular flexibility index (Phi) is 3.42. The average Bonchev–Trinajstić information content (AvgIpc) is 3.22. The minimum atomic E-state index is -3.69. The first-order valence-electron chi connectivity index (χ1n) is 6.68. The van der Waals surface area contributed by atoms with E-state index < -0.39 is 10.0 Å². The summed E-state index contributed by atoms with van der Waals surface area (Å²) < 4.78 is 28.7. The molecular formula is C13H17N5O2S. The van der Waals surface area contributed by atoms with Crippen LogP contribution in [0.5, 0.6) is 0 Å². The van der Waals surface area contributed by atoms with Crippen LogP contribution in [-0.2, 0) is 23.6 Å². The van der Waals surface area contributed by atoms with Gasteiger partial charge in [0.15, 0.2) is 10.8 Å². The van der Waals surface area contributed by atoms with E-state index in [1.165, 1.54) is 15.2 Å². The first-order chi connectivity index (χ1) is 10.00. The molecule has 21 heavy (non-hydrogen) atoms. The Labute approximate surface area is 123 Å². The molecule has 0 spiro atoms. The van der Waals surface area contributed by atoms with Crippen LogP contribution >= 0.6 is 0 Å². The second kappa shape index (κ2) is 5.12. The molecule has 0 radical (unpaired) electrons. The molecule has 1 fully saturated rings. The number of aromatic nitrogens is 3. The summed E-state index contributed by atoms with van der Waals surface area (Å²) in [5.41, 5.74) is 6.44. The topological polar surface area (TPSA) is 94.1 Å². The fraction of sp³-hybridized carbons (Fsp3) is 0.385. The summed E-state index contributed by atoms with van der Waals surface area (Å²) in [6.45, 7) is 0.248. The van der Waals surface area contributed by atoms with Crippen LogP contribution in [0.1, 0.15) is 18.5 Å². The Morgan fingerprint density at radius 3 is 2.67 bits per heavy atom. The van der Waals surface area contributed by atoms with Crippen molar-refractivity contribution in [2.24, 2.45) is 7.05 Å². The molecule has 2 aromatic heterocycles. The van der Waals surface area contributed by atoms with E-state index in [1.54, 1.807) is 19.3 Å². The van der Waals surface area contributed by atoms with Crippen molar-refractivity contribution < 1.29 is 8.42 Å². The largest absolute Gasteiger partial charge is 0.381 e. The summed E-state index contributed by atoms with van der Waals surface area (Å²) in [6, 6.07) is 5.49. The molecule has 3 rings (SSSR count). The summed E-state index contributed by atoms with van der Waals surface area (Å²) in [5.74, 6) is 0.0316. The molecule has 2 N–H and O–H groups in total. The van der Waals surface area contributed by atoms with E-state index in [2.05, 4.69) is 9.97 Å². The highest BCUT2D eigenvalue weighted by molar-refractivity contribution is 7.89. The molecule has 0 unspecified atom stereocenters. The van der Waals surface area contributed by atoms with Crippen molar-refractivity contribution in [1.29, 1.82) is 0 Å². The van der Waals surface area contributed by atoms with Gasteiger partial charge in [0.1, 0.15) is 0 Å². The molecule has 1 aliphatic rings. The van der Waals surface area contributed by atoms with E-state index >= 15 is 0 Å². The van der Waals surface area contributed by atoms with E-state index in [0.717, 1.165) is 12.8 Å². The number of sulfonamides is 1. The van der Waals surface area contributed by atoms with E-state index in [4.69, 9.17) is 5.73 Å². The summed E-state index contributed by atoms with van der Waals surface area (Å²) in [6.07, 6.45) is 4.80. The van der Waals surface area contributed by atoms with Crippen molar-refractivity contribution >= 4 is 15.8 Å². The monoisotopic (exact) mass is 307 g/mol. The van der Waals surface area contributed by atoms with Gasteiger partial charge >= 0.3 is 0 Å². The minimum Gasteiger partial charge on any atom is -0.381 e. The molecule has 7 nitrogen and oxygen atoms in total. The van der Waals surface area contributed by atoms with E-state index in [-0.39, 0.29) is 23.4 Å². The Hall–Kier alpha value is -1.93. The molecule has 2 heterocycles. The number of hydrogen-bond donors (Lipinski definition) is 1. The molecule has 8 heteroatoms. The van der Waals surface area contributed by atoms with Gasteiger partial charge in [-0.3, -0.25) is 4.98 Å². The smallest absolute Gasteiger partial charge is 0.263 e. The lowest BCUT2D eigenvalue weighted by Gasteiger charge is -2.21. The summed E-state index contributed by atoms with van der Waals surface area (Å²) in [5, 5.41) is 0.0466. The van der Waals surface area contributed by atoms with Crippen molar-refractivity contribution in [3.63, 3.8) is 0 Å². The van der Waals surface area contributed by atoms with Gasteiger partial charge in [0.25, 0.3) is 10.0 Å². The maximum absolute atomic E-state index is 12.9. The van der Waals surface area contributed by atoms with Crippen LogP contribution < -0.4 is 5.73 Å². The van der Waals surface area contributed by atoms with Gasteiger partial charge in [-0.25, -0.2) is 13.4 Å². The summed E-state index contributed by atoms with van der Waals surface area (Å²) >= 11 is 0. The van der Waals surface area contributed by atoms with Gasteiger partial charge < -0.3 is 10.3 Å². The number of aryl methyl sites for hydroxylation is 1. The number of anilines is 1. The molecule has 1 saturated carbocycles. The molecule has 0 atom stereocenters. The Balaban J connectivity index is 1.97. The van der Waals surface area contributed by atoms with Crippen molar-refractivity contribution in [2.45, 2.75) is 30.5 Å². The van der Waals surface area contributed by atoms with Gasteiger partial charge in [-0.05, 0) is 25.0 Å². The van der Waals surface area contributed by atoms with Gasteiger partial charge in [-0.1, -0.05) is 6.07 Å². The summed E-state index contributed by atoms with van der Waals surface area (Å²) in [7, 11) is -2.06. The van der Waals surface area contributed by atoms with Crippen LogP contribution in [0, 0.1) is 0 Å². The zero-order valence-electron chi connectivity index (χ0n) is 11.7. The van der Waals surface area contributed by atoms with Crippen molar-refractivity contribution in [1.82, 2.24) is 18.8 Å². The Morgan fingerprint density at radius 2 is 2.14 bits per heavy atom. The van der Waals surface area contributed by atoms with E-state index in [0.29, 0.717) is 5.69 Å². The van der Waals surface area contributed by atoms with Crippen LogP contribution in [0.15, 0.2) is 35.7 Å². The lowest BCUT2D eigenvalue weighted by Crippen LogP contribution is -2.34. The van der Waals surface area contributed by atoms with Gasteiger partial charge in [0.2, 0.25) is 0 Å². The van der Waals surface area contributed by atoms with Crippen LogP contribution in [0.4, 0.5) is 5.82 Å². The SMILES string of the molecule is Cn1cnc(N)c1S(=O)(=O)N(Cc1ccccn1)C1CC1. The highest BCUT2D eigenvalue weighted by Crippen LogP contribution is 2.34. The van der Waals surface area contributed by atoms with Gasteiger partial charge in [0.05, 0.1) is 18.6 Å². The third kappa shape index (κ3) is 2.64. The lowest BCUT2D eigenvalue weighted by atomic mass is 10.3. The Bertz CT molecular complexity index is 718. The molecular weight excluding hydrogens is 290 g/mol. The van der Waals surface area contributed by atoms with Gasteiger partial charge in [0, 0.05) is 19.3 Å². The van der Waals surface area contributed by atoms with Crippen LogP contribution in [0.2, 0.25) is 0 Å². The minimum absolute atomic E-state index is 0.0197. The fourth-order valence-corrected chi connectivity index (χ4v) is 4.14. The van der Waals surface area contributed by atoms with Crippen LogP contribution in [-0.4, -0.2) is 33.3 Å². The normalized spacial score (nSPS) is 15.5. The summed E-state index contributed by atoms with van der Waals surface area (Å²) in [4.78, 5) is 8.08. The predicted molar refractivity (Wildman–Crippen MR) is 77.6 cm³/mol. The average molecular weight is 307 g/mol. The van der Waals surface area contributed by atoms with Crippen LogP contribution in [0.3, 0.4) is 0 Å². The number of nitrogen functional groups attached to an aromatic ring is 1. The number of nitrogens with two attached hydrogens (primary N) is 1. The molecule has 0 aliphatic heterocycles. The molecule has 1 aliphatic carbocycles. The number of imidazole rings is 1. The number of pyridine rings is 1. The highest BCUT2D eigenvalue weighted by atomic mass is 32.2. The highest BCUT2D eigenvalue weighted by Gasteiger charge is 2.40. The molecule has 0 bridgehead atoms. The quantitative estimate of drug-likeness (QED) is 0.879. The lowest BCUT2D eigenvalue weighted by molar-refractivity contribution is 0.391. The van der Waals surface area contributed by atoms with Crippen LogP contribution in [0.25, 0.3) is 0 Å². The van der Waals surface area contributed by atoms with E-state index in [1.807, 2.05) is 12.1 Å². The maximum atomic E-state index is 12.9. The molecule has 0 aromatic carbocycles. The Morgan fingerprint density at radius 1 is 1.38 bits per heavy atom.